The van der Waals surface area contributed by atoms with Gasteiger partial charge in [-0.3, -0.25) is 9.59 Å². The minimum Gasteiger partial charge on any atom is -0.353 e. The van der Waals surface area contributed by atoms with Crippen molar-refractivity contribution < 1.29 is 18.0 Å². The van der Waals surface area contributed by atoms with E-state index in [1.165, 1.54) is 4.31 Å². The van der Waals surface area contributed by atoms with Crippen molar-refractivity contribution in [1.82, 2.24) is 9.62 Å². The molecule has 0 aromatic heterocycles. The maximum Gasteiger partial charge on any atom is 0.243 e. The van der Waals surface area contributed by atoms with Gasteiger partial charge in [0.15, 0.2) is 5.78 Å². The summed E-state index contributed by atoms with van der Waals surface area (Å²) in [4.78, 5) is 24.9. The van der Waals surface area contributed by atoms with Crippen molar-refractivity contribution in [2.24, 2.45) is 0 Å². The molecule has 1 N–H and O–H groups in total. The summed E-state index contributed by atoms with van der Waals surface area (Å²) in [6.45, 7) is 6.43. The van der Waals surface area contributed by atoms with Crippen LogP contribution in [0.25, 0.3) is 0 Å². The summed E-state index contributed by atoms with van der Waals surface area (Å²) in [7, 11) is -3.54. The predicted octanol–water partition coefficient (Wildman–Crippen LogP) is 3.54. The van der Waals surface area contributed by atoms with Crippen LogP contribution in [0.1, 0.15) is 52.7 Å². The molecular formula is C24H30N2O4S. The minimum atomic E-state index is -3.54. The second-order valence-electron chi connectivity index (χ2n) is 8.30. The molecule has 2 aromatic carbocycles. The number of carbonyl (C=O) groups excluding carboxylic acids is 2. The fourth-order valence-electron chi connectivity index (χ4n) is 3.88. The number of ketones is 1. The average molecular weight is 443 g/mol. The Morgan fingerprint density at radius 3 is 2.16 bits per heavy atom. The lowest BCUT2D eigenvalue weighted by molar-refractivity contribution is -0.122. The van der Waals surface area contributed by atoms with Crippen LogP contribution in [0, 0.1) is 20.8 Å². The molecule has 166 valence electrons. The van der Waals surface area contributed by atoms with Crippen molar-refractivity contribution >= 4 is 21.7 Å². The topological polar surface area (TPSA) is 83.6 Å². The van der Waals surface area contributed by atoms with Gasteiger partial charge in [0, 0.05) is 37.5 Å². The molecule has 1 aliphatic rings. The Labute approximate surface area is 184 Å². The summed E-state index contributed by atoms with van der Waals surface area (Å²) in [5.41, 5.74) is 3.47. The van der Waals surface area contributed by atoms with E-state index in [9.17, 15) is 18.0 Å². The lowest BCUT2D eigenvalue weighted by Gasteiger charge is -2.32. The van der Waals surface area contributed by atoms with E-state index >= 15 is 0 Å². The Hall–Kier alpha value is -2.51. The second-order valence-corrected chi connectivity index (χ2v) is 10.2. The first kappa shape index (κ1) is 23.2. The quantitative estimate of drug-likeness (QED) is 0.665. The third-order valence-electron chi connectivity index (χ3n) is 5.72. The van der Waals surface area contributed by atoms with Gasteiger partial charge in [-0.1, -0.05) is 47.5 Å². The van der Waals surface area contributed by atoms with E-state index in [1.54, 1.807) is 18.2 Å². The number of aryl methyl sites for hydroxylation is 3. The summed E-state index contributed by atoms with van der Waals surface area (Å²) >= 11 is 0. The third-order valence-corrected chi connectivity index (χ3v) is 7.78. The molecule has 6 nitrogen and oxygen atoms in total. The molecule has 0 radical (unpaired) electrons. The molecule has 2 aromatic rings. The first-order valence-electron chi connectivity index (χ1n) is 10.6. The Balaban J connectivity index is 1.48. The zero-order valence-corrected chi connectivity index (χ0v) is 19.2. The highest BCUT2D eigenvalue weighted by molar-refractivity contribution is 7.89. The van der Waals surface area contributed by atoms with Crippen LogP contribution in [0.5, 0.6) is 0 Å². The number of amides is 1. The zero-order valence-electron chi connectivity index (χ0n) is 18.3. The molecule has 0 atom stereocenters. The molecule has 1 fully saturated rings. The van der Waals surface area contributed by atoms with E-state index in [4.69, 9.17) is 0 Å². The maximum absolute atomic E-state index is 13.0. The number of nitrogens with one attached hydrogen (secondary N) is 1. The van der Waals surface area contributed by atoms with Crippen molar-refractivity contribution in [1.29, 1.82) is 0 Å². The highest BCUT2D eigenvalue weighted by Crippen LogP contribution is 2.24. The van der Waals surface area contributed by atoms with Gasteiger partial charge in [0.1, 0.15) is 0 Å². The predicted molar refractivity (Wildman–Crippen MR) is 121 cm³/mol. The molecule has 0 bridgehead atoms. The molecule has 0 saturated carbocycles. The fourth-order valence-corrected chi connectivity index (χ4v) is 5.55. The first-order chi connectivity index (χ1) is 14.7. The van der Waals surface area contributed by atoms with Crippen molar-refractivity contribution in [3.8, 4) is 0 Å². The Morgan fingerprint density at radius 2 is 1.55 bits per heavy atom. The number of nitrogens with zero attached hydrogens (tertiary/aromatic N) is 1. The molecule has 3 rings (SSSR count). The highest BCUT2D eigenvalue weighted by Gasteiger charge is 2.30. The summed E-state index contributed by atoms with van der Waals surface area (Å²) in [5.74, 6) is -0.222. The van der Waals surface area contributed by atoms with Crippen LogP contribution in [-0.4, -0.2) is 43.5 Å². The van der Waals surface area contributed by atoms with Gasteiger partial charge in [-0.05, 0) is 45.2 Å². The molecule has 0 unspecified atom stereocenters. The van der Waals surface area contributed by atoms with Gasteiger partial charge in [-0.15, -0.1) is 0 Å². The van der Waals surface area contributed by atoms with Gasteiger partial charge in [0.2, 0.25) is 15.9 Å². The molecule has 1 saturated heterocycles. The number of Topliss-reactive ketones (excluding diaryl/α,β-unsaturated/α-hetero) is 1. The SMILES string of the molecule is Cc1ccc(C(=O)CCC(=O)NC2CCN(S(=O)(=O)c3ccc(C)cc3C)CC2)cc1. The number of sulfonamides is 1. The minimum absolute atomic E-state index is 0.0514. The smallest absolute Gasteiger partial charge is 0.243 e. The Morgan fingerprint density at radius 1 is 0.935 bits per heavy atom. The summed E-state index contributed by atoms with van der Waals surface area (Å²) in [6, 6.07) is 12.6. The maximum atomic E-state index is 13.0. The summed E-state index contributed by atoms with van der Waals surface area (Å²) in [5, 5.41) is 2.95. The molecule has 7 heteroatoms. The van der Waals surface area contributed by atoms with Crippen LogP contribution < -0.4 is 5.32 Å². The van der Waals surface area contributed by atoms with E-state index in [0.717, 1.165) is 16.7 Å². The van der Waals surface area contributed by atoms with Crippen LogP contribution in [0.4, 0.5) is 0 Å². The second kappa shape index (κ2) is 9.75. The average Bonchev–Trinajstić information content (AvgIpc) is 2.72. The van der Waals surface area contributed by atoms with Crippen molar-refractivity contribution in [2.75, 3.05) is 13.1 Å². The van der Waals surface area contributed by atoms with E-state index < -0.39 is 10.0 Å². The van der Waals surface area contributed by atoms with Crippen molar-refractivity contribution in [3.63, 3.8) is 0 Å². The monoisotopic (exact) mass is 442 g/mol. The van der Waals surface area contributed by atoms with E-state index in [1.807, 2.05) is 45.0 Å². The Kier molecular flexibility index (Phi) is 7.28. The van der Waals surface area contributed by atoms with Gasteiger partial charge in [-0.2, -0.15) is 4.31 Å². The van der Waals surface area contributed by atoms with Crippen molar-refractivity contribution in [3.05, 3.63) is 64.7 Å². The van der Waals surface area contributed by atoms with Gasteiger partial charge in [0.05, 0.1) is 4.90 Å². The highest BCUT2D eigenvalue weighted by atomic mass is 32.2. The van der Waals surface area contributed by atoms with Gasteiger partial charge >= 0.3 is 0 Å². The molecular weight excluding hydrogens is 412 g/mol. The van der Waals surface area contributed by atoms with Crippen LogP contribution in [0.3, 0.4) is 0 Å². The summed E-state index contributed by atoms with van der Waals surface area (Å²) in [6.07, 6.45) is 1.41. The molecule has 1 aliphatic heterocycles. The summed E-state index contributed by atoms with van der Waals surface area (Å²) < 4.78 is 27.5. The van der Waals surface area contributed by atoms with Gasteiger partial charge in [0.25, 0.3) is 0 Å². The number of hydrogen-bond acceptors (Lipinski definition) is 4. The van der Waals surface area contributed by atoms with E-state index in [0.29, 0.717) is 36.4 Å². The van der Waals surface area contributed by atoms with Crippen LogP contribution in [-0.2, 0) is 14.8 Å². The van der Waals surface area contributed by atoms with E-state index in [-0.39, 0.29) is 30.6 Å². The number of hydrogen-bond donors (Lipinski definition) is 1. The van der Waals surface area contributed by atoms with Crippen molar-refractivity contribution in [2.45, 2.75) is 57.4 Å². The largest absolute Gasteiger partial charge is 0.353 e. The normalized spacial score (nSPS) is 15.6. The fraction of sp³-hybridized carbons (Fsp3) is 0.417. The standard InChI is InChI=1S/C24H30N2O4S/c1-17-4-7-20(8-5-17)22(27)9-11-24(28)25-21-12-14-26(15-13-21)31(29,30)23-10-6-18(2)16-19(23)3/h4-8,10,16,21H,9,11-15H2,1-3H3,(H,25,28). The molecule has 31 heavy (non-hydrogen) atoms. The first-order valence-corrected chi connectivity index (χ1v) is 12.1. The number of piperidine rings is 1. The zero-order chi connectivity index (χ0) is 22.6. The van der Waals surface area contributed by atoms with Crippen LogP contribution in [0.2, 0.25) is 0 Å². The number of rotatable bonds is 7. The molecule has 0 spiro atoms. The van der Waals surface area contributed by atoms with E-state index in [2.05, 4.69) is 5.32 Å². The molecule has 1 amide bonds. The lowest BCUT2D eigenvalue weighted by Crippen LogP contribution is -2.46. The van der Waals surface area contributed by atoms with Gasteiger partial charge < -0.3 is 5.32 Å². The lowest BCUT2D eigenvalue weighted by atomic mass is 10.0. The molecule has 1 heterocycles. The van der Waals surface area contributed by atoms with Gasteiger partial charge in [-0.25, -0.2) is 8.42 Å². The third kappa shape index (κ3) is 5.80. The number of benzene rings is 2. The van der Waals surface area contributed by atoms with Crippen LogP contribution >= 0.6 is 0 Å². The number of carbonyl (C=O) groups is 2. The Bertz CT molecular complexity index is 1050. The van der Waals surface area contributed by atoms with Crippen LogP contribution in [0.15, 0.2) is 47.4 Å². The molecule has 0 aliphatic carbocycles.